The Morgan fingerprint density at radius 1 is 1.21 bits per heavy atom. The largest absolute Gasteiger partial charge is 0.389 e. The summed E-state index contributed by atoms with van der Waals surface area (Å²) in [6, 6.07) is 4.41. The molecular formula is C20H26Cl2N2O5. The molecular weight excluding hydrogens is 419 g/mol. The third-order valence-corrected chi connectivity index (χ3v) is 5.57. The predicted octanol–water partition coefficient (Wildman–Crippen LogP) is 2.27. The summed E-state index contributed by atoms with van der Waals surface area (Å²) in [6.07, 6.45) is 0.141. The minimum atomic E-state index is -0.803. The van der Waals surface area contributed by atoms with Crippen molar-refractivity contribution in [3.8, 4) is 0 Å². The SMILES string of the molecule is CCNC(=O)C[C@H]1CC[C@H]2[C@@H](COC[C@@H](O)CN2C(=O)c2cc(Cl)cc(Cl)c2)O1. The number of benzene rings is 1. The van der Waals surface area contributed by atoms with Gasteiger partial charge in [0, 0.05) is 28.7 Å². The van der Waals surface area contributed by atoms with Gasteiger partial charge >= 0.3 is 0 Å². The van der Waals surface area contributed by atoms with Gasteiger partial charge in [-0.05, 0) is 38.0 Å². The molecule has 0 aromatic heterocycles. The fourth-order valence-corrected chi connectivity index (χ4v) is 4.42. The molecule has 2 aliphatic heterocycles. The van der Waals surface area contributed by atoms with Crippen LogP contribution in [0.3, 0.4) is 0 Å². The molecule has 1 aromatic carbocycles. The molecule has 0 bridgehead atoms. The van der Waals surface area contributed by atoms with E-state index in [2.05, 4.69) is 5.32 Å². The third kappa shape index (κ3) is 5.83. The number of nitrogens with one attached hydrogen (secondary N) is 1. The van der Waals surface area contributed by atoms with Crippen LogP contribution in [0, 0.1) is 0 Å². The lowest BCUT2D eigenvalue weighted by atomic mass is 9.94. The predicted molar refractivity (Wildman–Crippen MR) is 109 cm³/mol. The van der Waals surface area contributed by atoms with Crippen LogP contribution in [0.5, 0.6) is 0 Å². The highest BCUT2D eigenvalue weighted by atomic mass is 35.5. The number of carbonyl (C=O) groups is 2. The molecule has 2 saturated heterocycles. The molecule has 0 unspecified atom stereocenters. The van der Waals surface area contributed by atoms with Crippen LogP contribution in [0.25, 0.3) is 0 Å². The van der Waals surface area contributed by atoms with Crippen molar-refractivity contribution in [3.63, 3.8) is 0 Å². The third-order valence-electron chi connectivity index (χ3n) is 5.14. The van der Waals surface area contributed by atoms with Gasteiger partial charge in [-0.3, -0.25) is 9.59 Å². The van der Waals surface area contributed by atoms with Crippen molar-refractivity contribution in [2.24, 2.45) is 0 Å². The van der Waals surface area contributed by atoms with E-state index >= 15 is 0 Å². The molecule has 2 N–H and O–H groups in total. The van der Waals surface area contributed by atoms with Crippen molar-refractivity contribution in [1.29, 1.82) is 0 Å². The molecule has 0 aliphatic carbocycles. The van der Waals surface area contributed by atoms with Gasteiger partial charge in [-0.15, -0.1) is 0 Å². The van der Waals surface area contributed by atoms with E-state index in [-0.39, 0.29) is 56.2 Å². The van der Waals surface area contributed by atoms with Gasteiger partial charge in [0.25, 0.3) is 5.91 Å². The quantitative estimate of drug-likeness (QED) is 0.743. The number of rotatable bonds is 4. The average Bonchev–Trinajstić information content (AvgIpc) is 2.64. The molecule has 3 rings (SSSR count). The second-order valence-corrected chi connectivity index (χ2v) is 8.28. The number of hydrogen-bond acceptors (Lipinski definition) is 5. The van der Waals surface area contributed by atoms with E-state index in [4.69, 9.17) is 32.7 Å². The van der Waals surface area contributed by atoms with E-state index in [0.29, 0.717) is 35.0 Å². The lowest BCUT2D eigenvalue weighted by Crippen LogP contribution is -2.57. The van der Waals surface area contributed by atoms with Gasteiger partial charge in [-0.1, -0.05) is 23.2 Å². The highest BCUT2D eigenvalue weighted by Crippen LogP contribution is 2.29. The van der Waals surface area contributed by atoms with Gasteiger partial charge in [0.1, 0.15) is 6.10 Å². The summed E-state index contributed by atoms with van der Waals surface area (Å²) in [6.45, 7) is 2.91. The highest BCUT2D eigenvalue weighted by molar-refractivity contribution is 6.35. The molecule has 2 amide bonds. The fraction of sp³-hybridized carbons (Fsp3) is 0.600. The Kier molecular flexibility index (Phi) is 7.76. The number of aliphatic hydroxyl groups excluding tert-OH is 1. The minimum Gasteiger partial charge on any atom is -0.389 e. The maximum Gasteiger partial charge on any atom is 0.254 e. The van der Waals surface area contributed by atoms with E-state index in [1.807, 2.05) is 6.92 Å². The van der Waals surface area contributed by atoms with Crippen LogP contribution in [-0.2, 0) is 14.3 Å². The summed E-state index contributed by atoms with van der Waals surface area (Å²) < 4.78 is 11.7. The van der Waals surface area contributed by atoms with Crippen LogP contribution in [0.15, 0.2) is 18.2 Å². The molecule has 1 aromatic rings. The number of halogens is 2. The van der Waals surface area contributed by atoms with Crippen molar-refractivity contribution in [1.82, 2.24) is 10.2 Å². The summed E-state index contributed by atoms with van der Waals surface area (Å²) in [5.41, 5.74) is 0.361. The molecule has 7 nitrogen and oxygen atoms in total. The molecule has 160 valence electrons. The molecule has 2 heterocycles. The van der Waals surface area contributed by atoms with Crippen molar-refractivity contribution in [2.45, 2.75) is 50.5 Å². The van der Waals surface area contributed by atoms with E-state index in [1.165, 1.54) is 0 Å². The summed E-state index contributed by atoms with van der Waals surface area (Å²) in [5, 5.41) is 13.8. The van der Waals surface area contributed by atoms with Gasteiger partial charge in [-0.25, -0.2) is 0 Å². The first-order valence-corrected chi connectivity index (χ1v) is 10.6. The molecule has 29 heavy (non-hydrogen) atoms. The number of aliphatic hydroxyl groups is 1. The molecule has 0 radical (unpaired) electrons. The van der Waals surface area contributed by atoms with Crippen LogP contribution in [0.1, 0.15) is 36.5 Å². The Morgan fingerprint density at radius 3 is 2.62 bits per heavy atom. The number of hydrogen-bond donors (Lipinski definition) is 2. The van der Waals surface area contributed by atoms with Crippen molar-refractivity contribution in [2.75, 3.05) is 26.3 Å². The second-order valence-electron chi connectivity index (χ2n) is 7.41. The van der Waals surface area contributed by atoms with E-state index in [1.54, 1.807) is 23.1 Å². The number of nitrogens with zero attached hydrogens (tertiary/aromatic N) is 1. The first kappa shape index (κ1) is 22.3. The monoisotopic (exact) mass is 444 g/mol. The number of carbonyl (C=O) groups excluding carboxylic acids is 2. The van der Waals surface area contributed by atoms with Crippen molar-refractivity contribution in [3.05, 3.63) is 33.8 Å². The van der Waals surface area contributed by atoms with E-state index < -0.39 is 6.10 Å². The Bertz CT molecular complexity index is 727. The number of ether oxygens (including phenoxy) is 2. The fourth-order valence-electron chi connectivity index (χ4n) is 3.89. The van der Waals surface area contributed by atoms with E-state index in [9.17, 15) is 14.7 Å². The molecule has 2 fully saturated rings. The van der Waals surface area contributed by atoms with Crippen LogP contribution >= 0.6 is 23.2 Å². The van der Waals surface area contributed by atoms with Gasteiger partial charge in [0.2, 0.25) is 5.91 Å². The normalized spacial score (nSPS) is 27.5. The number of fused-ring (bicyclic) bond motifs is 1. The van der Waals surface area contributed by atoms with Gasteiger partial charge in [0.15, 0.2) is 0 Å². The smallest absolute Gasteiger partial charge is 0.254 e. The number of amides is 2. The van der Waals surface area contributed by atoms with Crippen LogP contribution < -0.4 is 5.32 Å². The zero-order valence-electron chi connectivity index (χ0n) is 16.3. The Balaban J connectivity index is 1.78. The minimum absolute atomic E-state index is 0.0559. The summed E-state index contributed by atoms with van der Waals surface area (Å²) >= 11 is 12.1. The van der Waals surface area contributed by atoms with Gasteiger partial charge in [-0.2, -0.15) is 0 Å². The zero-order chi connectivity index (χ0) is 21.0. The molecule has 0 saturated carbocycles. The van der Waals surface area contributed by atoms with Gasteiger partial charge < -0.3 is 24.8 Å². The Labute approximate surface area is 180 Å². The van der Waals surface area contributed by atoms with Crippen LogP contribution in [-0.4, -0.2) is 72.5 Å². The highest BCUT2D eigenvalue weighted by Gasteiger charge is 2.40. The molecule has 2 aliphatic rings. The number of β-amino-alcohol motifs (C(OH)–C–C–N with tert-alkyl or cyclic N) is 1. The maximum atomic E-state index is 13.3. The van der Waals surface area contributed by atoms with Crippen molar-refractivity contribution < 1.29 is 24.2 Å². The lowest BCUT2D eigenvalue weighted by Gasteiger charge is -2.44. The average molecular weight is 445 g/mol. The summed E-state index contributed by atoms with van der Waals surface area (Å²) in [4.78, 5) is 26.8. The topological polar surface area (TPSA) is 88.1 Å². The van der Waals surface area contributed by atoms with E-state index in [0.717, 1.165) is 0 Å². The first-order chi connectivity index (χ1) is 13.9. The van der Waals surface area contributed by atoms with Crippen LogP contribution in [0.2, 0.25) is 10.0 Å². The summed E-state index contributed by atoms with van der Waals surface area (Å²) in [5.74, 6) is -0.323. The Hall–Kier alpha value is -1.38. The molecule has 0 spiro atoms. The maximum absolute atomic E-state index is 13.3. The second kappa shape index (κ2) is 10.1. The standard InChI is InChI=1S/C20H26Cl2N2O5/c1-2-23-19(26)8-16-3-4-17-18(29-16)11-28-10-15(25)9-24(17)20(27)12-5-13(21)7-14(22)6-12/h5-7,15-18,25H,2-4,8-11H2,1H3,(H,23,26)/t15-,16+,17-,18+/m0/s1. The van der Waals surface area contributed by atoms with Gasteiger partial charge in [0.05, 0.1) is 37.9 Å². The molecule has 9 heteroatoms. The molecule has 4 atom stereocenters. The lowest BCUT2D eigenvalue weighted by molar-refractivity contribution is -0.150. The zero-order valence-corrected chi connectivity index (χ0v) is 17.8. The van der Waals surface area contributed by atoms with Crippen molar-refractivity contribution >= 4 is 35.0 Å². The van der Waals surface area contributed by atoms with Crippen LogP contribution in [0.4, 0.5) is 0 Å². The Morgan fingerprint density at radius 2 is 1.93 bits per heavy atom. The first-order valence-electron chi connectivity index (χ1n) is 9.82. The summed E-state index contributed by atoms with van der Waals surface area (Å²) in [7, 11) is 0.